The van der Waals surface area contributed by atoms with E-state index in [2.05, 4.69) is 15.3 Å². The second-order valence-electron chi connectivity index (χ2n) is 5.31. The minimum Gasteiger partial charge on any atom is -0.328 e. The van der Waals surface area contributed by atoms with Gasteiger partial charge < -0.3 is 9.47 Å². The normalized spacial score (nSPS) is 14.9. The number of aromatic nitrogens is 5. The van der Waals surface area contributed by atoms with Gasteiger partial charge in [0.25, 0.3) is 5.91 Å². The maximum atomic E-state index is 12.8. The molecule has 0 atom stereocenters. The summed E-state index contributed by atoms with van der Waals surface area (Å²) < 4.78 is 41.0. The van der Waals surface area contributed by atoms with E-state index in [4.69, 9.17) is 0 Å². The third-order valence-electron chi connectivity index (χ3n) is 3.85. The molecule has 23 heavy (non-hydrogen) atoms. The molecule has 0 bridgehead atoms. The van der Waals surface area contributed by atoms with Crippen LogP contribution in [0.3, 0.4) is 0 Å². The fraction of sp³-hybridized carbons (Fsp3) is 0.538. The molecule has 7 nitrogen and oxygen atoms in total. The highest BCUT2D eigenvalue weighted by molar-refractivity contribution is 5.92. The molecule has 1 aliphatic rings. The van der Waals surface area contributed by atoms with Crippen molar-refractivity contribution in [2.45, 2.75) is 32.6 Å². The molecule has 0 radical (unpaired) electrons. The number of carbonyl (C=O) groups excluding carboxylic acids is 1. The average molecular weight is 328 g/mol. The molecule has 2 aromatic heterocycles. The van der Waals surface area contributed by atoms with E-state index in [1.54, 1.807) is 17.8 Å². The lowest BCUT2D eigenvalue weighted by molar-refractivity contribution is -0.147. The van der Waals surface area contributed by atoms with Crippen molar-refractivity contribution in [3.05, 3.63) is 29.1 Å². The smallest absolute Gasteiger partial charge is 0.328 e. The molecule has 124 valence electrons. The van der Waals surface area contributed by atoms with Crippen molar-refractivity contribution in [3.63, 3.8) is 0 Å². The zero-order valence-electron chi connectivity index (χ0n) is 12.6. The number of halogens is 3. The highest BCUT2D eigenvalue weighted by Gasteiger charge is 2.40. The molecule has 0 spiro atoms. The zero-order valence-corrected chi connectivity index (χ0v) is 12.6. The second-order valence-corrected chi connectivity index (χ2v) is 5.31. The fourth-order valence-electron chi connectivity index (χ4n) is 2.64. The van der Waals surface area contributed by atoms with Gasteiger partial charge in [0.1, 0.15) is 0 Å². The van der Waals surface area contributed by atoms with Crippen LogP contribution in [0.1, 0.15) is 34.8 Å². The highest BCUT2D eigenvalue weighted by Crippen LogP contribution is 2.29. The van der Waals surface area contributed by atoms with Crippen LogP contribution in [0.15, 0.2) is 6.07 Å². The van der Waals surface area contributed by atoms with Crippen LogP contribution < -0.4 is 0 Å². The van der Waals surface area contributed by atoms with Crippen molar-refractivity contribution in [1.82, 2.24) is 29.4 Å². The van der Waals surface area contributed by atoms with Gasteiger partial charge in [-0.25, -0.2) is 0 Å². The topological polar surface area (TPSA) is 68.8 Å². The molecular weight excluding hydrogens is 313 g/mol. The first kappa shape index (κ1) is 15.5. The molecule has 0 unspecified atom stereocenters. The Morgan fingerprint density at radius 1 is 1.30 bits per heavy atom. The molecule has 1 amide bonds. The molecule has 10 heteroatoms. The summed E-state index contributed by atoms with van der Waals surface area (Å²) in [6.45, 7) is 2.11. The molecule has 0 N–H and O–H groups in total. The van der Waals surface area contributed by atoms with E-state index in [1.807, 2.05) is 6.92 Å². The SMILES string of the molecule is CCc1cc(C(=O)N2CCn3c(nnc3C(F)(F)F)C2)nn1C. The quantitative estimate of drug-likeness (QED) is 0.832. The predicted molar refractivity (Wildman–Crippen MR) is 72.4 cm³/mol. The Morgan fingerprint density at radius 2 is 2.04 bits per heavy atom. The van der Waals surface area contributed by atoms with Crippen molar-refractivity contribution in [1.29, 1.82) is 0 Å². The summed E-state index contributed by atoms with van der Waals surface area (Å²) in [6, 6.07) is 1.70. The first-order valence-electron chi connectivity index (χ1n) is 7.12. The monoisotopic (exact) mass is 328 g/mol. The van der Waals surface area contributed by atoms with E-state index in [9.17, 15) is 18.0 Å². The molecule has 3 heterocycles. The largest absolute Gasteiger partial charge is 0.451 e. The van der Waals surface area contributed by atoms with Crippen LogP contribution in [0.4, 0.5) is 13.2 Å². The van der Waals surface area contributed by atoms with Crippen LogP contribution in [-0.2, 0) is 32.7 Å². The van der Waals surface area contributed by atoms with Crippen LogP contribution in [-0.4, -0.2) is 41.9 Å². The van der Waals surface area contributed by atoms with Crippen LogP contribution in [0.5, 0.6) is 0 Å². The minimum absolute atomic E-state index is 0.0103. The molecule has 3 rings (SSSR count). The number of amides is 1. The van der Waals surface area contributed by atoms with Crippen molar-refractivity contribution in [2.24, 2.45) is 7.05 Å². The summed E-state index contributed by atoms with van der Waals surface area (Å²) in [4.78, 5) is 13.9. The molecule has 0 saturated heterocycles. The number of nitrogens with zero attached hydrogens (tertiary/aromatic N) is 6. The summed E-state index contributed by atoms with van der Waals surface area (Å²) in [5.74, 6) is -1.21. The van der Waals surface area contributed by atoms with Crippen molar-refractivity contribution >= 4 is 5.91 Å². The lowest BCUT2D eigenvalue weighted by atomic mass is 10.2. The van der Waals surface area contributed by atoms with E-state index in [0.29, 0.717) is 0 Å². The van der Waals surface area contributed by atoms with E-state index in [0.717, 1.165) is 16.7 Å². The van der Waals surface area contributed by atoms with Gasteiger partial charge in [0.2, 0.25) is 5.82 Å². The minimum atomic E-state index is -4.55. The lowest BCUT2D eigenvalue weighted by Gasteiger charge is -2.27. The van der Waals surface area contributed by atoms with Gasteiger partial charge in [0, 0.05) is 25.8 Å². The number of fused-ring (bicyclic) bond motifs is 1. The summed E-state index contributed by atoms with van der Waals surface area (Å²) in [7, 11) is 1.75. The lowest BCUT2D eigenvalue weighted by Crippen LogP contribution is -2.39. The Morgan fingerprint density at radius 3 is 2.65 bits per heavy atom. The average Bonchev–Trinajstić information content (AvgIpc) is 3.08. The van der Waals surface area contributed by atoms with Crippen LogP contribution in [0.25, 0.3) is 0 Å². The van der Waals surface area contributed by atoms with Gasteiger partial charge in [-0.2, -0.15) is 18.3 Å². The Bertz CT molecular complexity index is 747. The van der Waals surface area contributed by atoms with Gasteiger partial charge in [-0.1, -0.05) is 6.92 Å². The Labute approximate surface area is 129 Å². The van der Waals surface area contributed by atoms with Gasteiger partial charge in [-0.3, -0.25) is 9.48 Å². The van der Waals surface area contributed by atoms with Gasteiger partial charge in [0.15, 0.2) is 11.5 Å². The van der Waals surface area contributed by atoms with Gasteiger partial charge in [0.05, 0.1) is 6.54 Å². The molecule has 0 aliphatic carbocycles. The zero-order chi connectivity index (χ0) is 16.8. The first-order chi connectivity index (χ1) is 10.8. The predicted octanol–water partition coefficient (Wildman–Crippen LogP) is 1.25. The van der Waals surface area contributed by atoms with E-state index in [1.165, 1.54) is 4.90 Å². The van der Waals surface area contributed by atoms with E-state index in [-0.39, 0.29) is 37.1 Å². The van der Waals surface area contributed by atoms with E-state index < -0.39 is 12.0 Å². The summed E-state index contributed by atoms with van der Waals surface area (Å²) >= 11 is 0. The van der Waals surface area contributed by atoms with Crippen LogP contribution in [0, 0.1) is 0 Å². The molecule has 0 fully saturated rings. The standard InChI is InChI=1S/C13H15F3N6O/c1-3-8-6-9(19-20(8)2)11(23)21-4-5-22-10(7-21)17-18-12(22)13(14,15)16/h6H,3-5,7H2,1-2H3. The Hall–Kier alpha value is -2.39. The number of alkyl halides is 3. The number of rotatable bonds is 2. The molecule has 0 aromatic carbocycles. The third kappa shape index (κ3) is 2.68. The van der Waals surface area contributed by atoms with Crippen LogP contribution in [0.2, 0.25) is 0 Å². The maximum absolute atomic E-state index is 12.8. The molecule has 2 aromatic rings. The Balaban J connectivity index is 1.82. The van der Waals surface area contributed by atoms with Gasteiger partial charge in [-0.15, -0.1) is 10.2 Å². The van der Waals surface area contributed by atoms with E-state index >= 15 is 0 Å². The fourth-order valence-corrected chi connectivity index (χ4v) is 2.64. The number of hydrogen-bond acceptors (Lipinski definition) is 4. The summed E-state index contributed by atoms with van der Waals surface area (Å²) in [5.41, 5.74) is 1.20. The van der Waals surface area contributed by atoms with Crippen molar-refractivity contribution in [3.8, 4) is 0 Å². The van der Waals surface area contributed by atoms with Crippen molar-refractivity contribution in [2.75, 3.05) is 6.54 Å². The third-order valence-corrected chi connectivity index (χ3v) is 3.85. The highest BCUT2D eigenvalue weighted by atomic mass is 19.4. The van der Waals surface area contributed by atoms with Gasteiger partial charge >= 0.3 is 6.18 Å². The summed E-state index contributed by atoms with van der Waals surface area (Å²) in [6.07, 6.45) is -3.81. The number of aryl methyl sites for hydroxylation is 2. The molecule has 1 aliphatic heterocycles. The number of hydrogen-bond donors (Lipinski definition) is 0. The summed E-state index contributed by atoms with van der Waals surface area (Å²) in [5, 5.41) is 10.9. The first-order valence-corrected chi connectivity index (χ1v) is 7.12. The Kier molecular flexibility index (Phi) is 3.61. The molecule has 0 saturated carbocycles. The van der Waals surface area contributed by atoms with Gasteiger partial charge in [-0.05, 0) is 12.5 Å². The number of carbonyl (C=O) groups is 1. The molecular formula is C13H15F3N6O. The van der Waals surface area contributed by atoms with Crippen LogP contribution >= 0.6 is 0 Å². The maximum Gasteiger partial charge on any atom is 0.451 e. The second kappa shape index (κ2) is 5.36. The van der Waals surface area contributed by atoms with Crippen molar-refractivity contribution < 1.29 is 18.0 Å².